The average Bonchev–Trinajstić information content (AvgIpc) is 2.69. The van der Waals surface area contributed by atoms with E-state index in [1.165, 1.54) is 12.2 Å². The minimum absolute atomic E-state index is 0.575. The summed E-state index contributed by atoms with van der Waals surface area (Å²) in [5, 5.41) is 60.5. The van der Waals surface area contributed by atoms with Gasteiger partial charge >= 0.3 is 0 Å². The van der Waals surface area contributed by atoms with Crippen molar-refractivity contribution in [3.05, 3.63) is 82.3 Å². The van der Waals surface area contributed by atoms with Crippen molar-refractivity contribution >= 4 is 12.2 Å². The summed E-state index contributed by atoms with van der Waals surface area (Å²) in [6.07, 6.45) is -5.05. The second-order valence-corrected chi connectivity index (χ2v) is 6.76. The maximum atomic E-state index is 10.1. The molecule has 6 nitrogen and oxygen atoms in total. The lowest BCUT2D eigenvalue weighted by Gasteiger charge is -2.26. The molecule has 2 aromatic carbocycles. The molecule has 0 aliphatic rings. The first-order valence-electron chi connectivity index (χ1n) is 8.86. The first kappa shape index (κ1) is 21.7. The number of hydrogen-bond donors (Lipinski definition) is 6. The largest absolute Gasteiger partial charge is 0.509 e. The van der Waals surface area contributed by atoms with Gasteiger partial charge in [-0.25, -0.2) is 0 Å². The highest BCUT2D eigenvalue weighted by Crippen LogP contribution is 2.19. The Hall–Kier alpha value is -2.64. The quantitative estimate of drug-likeness (QED) is 0.406. The summed E-state index contributed by atoms with van der Waals surface area (Å²) >= 11 is 0. The monoisotopic (exact) mass is 386 g/mol. The van der Waals surface area contributed by atoms with Crippen molar-refractivity contribution in [1.82, 2.24) is 0 Å². The zero-order chi connectivity index (χ0) is 20.8. The van der Waals surface area contributed by atoms with E-state index in [1.807, 2.05) is 19.9 Å². The molecule has 0 radical (unpaired) electrons. The topological polar surface area (TPSA) is 121 Å². The highest BCUT2D eigenvalue weighted by atomic mass is 16.4. The van der Waals surface area contributed by atoms with Crippen molar-refractivity contribution in [2.45, 2.75) is 38.3 Å². The number of aliphatic hydroxyl groups is 6. The molecule has 0 spiro atoms. The van der Waals surface area contributed by atoms with Gasteiger partial charge in [0, 0.05) is 0 Å². The number of aliphatic hydroxyl groups excluding tert-OH is 6. The molecule has 4 atom stereocenters. The molecule has 2 rings (SSSR count). The molecule has 0 fully saturated rings. The predicted molar refractivity (Wildman–Crippen MR) is 108 cm³/mol. The SMILES string of the molecule is Cc1ccc(C=C(O)[C@H](O)[C@@H](O)[C@H](O)[C@H](O)C(O)=Cc2ccccc2)cc1C. The molecule has 0 saturated carbocycles. The van der Waals surface area contributed by atoms with Gasteiger partial charge in [-0.3, -0.25) is 0 Å². The maximum absolute atomic E-state index is 10.1. The van der Waals surface area contributed by atoms with E-state index in [-0.39, 0.29) is 0 Å². The average molecular weight is 386 g/mol. The molecule has 2 aromatic rings. The summed E-state index contributed by atoms with van der Waals surface area (Å²) in [5.41, 5.74) is 3.24. The van der Waals surface area contributed by atoms with Gasteiger partial charge in [0.1, 0.15) is 35.9 Å². The fraction of sp³-hybridized carbons (Fsp3) is 0.273. The smallest absolute Gasteiger partial charge is 0.139 e. The third-order valence-corrected chi connectivity index (χ3v) is 4.56. The van der Waals surface area contributed by atoms with Crippen LogP contribution in [-0.2, 0) is 0 Å². The van der Waals surface area contributed by atoms with Crippen molar-refractivity contribution < 1.29 is 30.6 Å². The lowest BCUT2D eigenvalue weighted by Crippen LogP contribution is -2.45. The lowest BCUT2D eigenvalue weighted by atomic mass is 9.98. The molecule has 0 aliphatic carbocycles. The minimum Gasteiger partial charge on any atom is -0.509 e. The van der Waals surface area contributed by atoms with Gasteiger partial charge in [0.2, 0.25) is 0 Å². The van der Waals surface area contributed by atoms with Crippen LogP contribution in [-0.4, -0.2) is 55.1 Å². The van der Waals surface area contributed by atoms with Crippen LogP contribution < -0.4 is 0 Å². The Morgan fingerprint density at radius 1 is 0.679 bits per heavy atom. The molecular weight excluding hydrogens is 360 g/mol. The first-order chi connectivity index (χ1) is 13.2. The van der Waals surface area contributed by atoms with Crippen LogP contribution in [0.3, 0.4) is 0 Å². The van der Waals surface area contributed by atoms with Gasteiger partial charge in [-0.1, -0.05) is 48.5 Å². The Labute approximate surface area is 164 Å². The Bertz CT molecular complexity index is 843. The van der Waals surface area contributed by atoms with E-state index in [0.717, 1.165) is 11.1 Å². The molecule has 28 heavy (non-hydrogen) atoms. The standard InChI is InChI=1S/C22H26O6/c1-13-8-9-16(10-14(13)2)12-18(24)20(26)22(28)21(27)19(25)17(23)11-15-6-4-3-5-7-15/h3-12,19-28H,1-2H3/t19-,20+,21-,22-/m1/s1. The van der Waals surface area contributed by atoms with Crippen molar-refractivity contribution in [3.63, 3.8) is 0 Å². The van der Waals surface area contributed by atoms with Crippen molar-refractivity contribution in [2.75, 3.05) is 0 Å². The second kappa shape index (κ2) is 9.52. The molecular formula is C22H26O6. The highest BCUT2D eigenvalue weighted by Gasteiger charge is 2.34. The third-order valence-electron chi connectivity index (χ3n) is 4.56. The summed E-state index contributed by atoms with van der Waals surface area (Å²) in [6, 6.07) is 14.0. The van der Waals surface area contributed by atoms with E-state index >= 15 is 0 Å². The molecule has 0 aromatic heterocycles. The number of benzene rings is 2. The first-order valence-corrected chi connectivity index (χ1v) is 8.86. The molecule has 6 N–H and O–H groups in total. The van der Waals surface area contributed by atoms with E-state index in [9.17, 15) is 30.6 Å². The summed E-state index contributed by atoms with van der Waals surface area (Å²) in [7, 11) is 0. The number of hydrogen-bond acceptors (Lipinski definition) is 6. The van der Waals surface area contributed by atoms with Crippen LogP contribution in [0.4, 0.5) is 0 Å². The molecule has 150 valence electrons. The van der Waals surface area contributed by atoms with Gasteiger partial charge in [-0.15, -0.1) is 0 Å². The second-order valence-electron chi connectivity index (χ2n) is 6.76. The summed E-state index contributed by atoms with van der Waals surface area (Å²) in [4.78, 5) is 0. The van der Waals surface area contributed by atoms with Crippen LogP contribution in [0.25, 0.3) is 12.2 Å². The molecule has 0 unspecified atom stereocenters. The Morgan fingerprint density at radius 3 is 1.68 bits per heavy atom. The van der Waals surface area contributed by atoms with Gasteiger partial charge in [-0.05, 0) is 48.3 Å². The van der Waals surface area contributed by atoms with E-state index in [1.54, 1.807) is 42.5 Å². The van der Waals surface area contributed by atoms with E-state index in [2.05, 4.69) is 0 Å². The molecule has 0 saturated heterocycles. The molecule has 0 bridgehead atoms. The minimum atomic E-state index is -1.93. The van der Waals surface area contributed by atoms with Crippen LogP contribution in [0, 0.1) is 13.8 Å². The molecule has 0 aliphatic heterocycles. The fourth-order valence-corrected chi connectivity index (χ4v) is 2.64. The van der Waals surface area contributed by atoms with Crippen molar-refractivity contribution in [2.24, 2.45) is 0 Å². The van der Waals surface area contributed by atoms with Crippen molar-refractivity contribution in [1.29, 1.82) is 0 Å². The third kappa shape index (κ3) is 5.43. The fourth-order valence-electron chi connectivity index (χ4n) is 2.64. The summed E-state index contributed by atoms with van der Waals surface area (Å²) in [5.74, 6) is -1.16. The molecule has 0 amide bonds. The van der Waals surface area contributed by atoms with Gasteiger partial charge < -0.3 is 30.6 Å². The van der Waals surface area contributed by atoms with Crippen LogP contribution >= 0.6 is 0 Å². The maximum Gasteiger partial charge on any atom is 0.139 e. The van der Waals surface area contributed by atoms with Gasteiger partial charge in [0.25, 0.3) is 0 Å². The zero-order valence-electron chi connectivity index (χ0n) is 15.8. The van der Waals surface area contributed by atoms with E-state index in [0.29, 0.717) is 11.1 Å². The van der Waals surface area contributed by atoms with Gasteiger partial charge in [0.05, 0.1) is 0 Å². The van der Waals surface area contributed by atoms with E-state index in [4.69, 9.17) is 0 Å². The normalized spacial score (nSPS) is 17.1. The van der Waals surface area contributed by atoms with Crippen LogP contribution in [0.15, 0.2) is 60.0 Å². The van der Waals surface area contributed by atoms with Crippen LogP contribution in [0.5, 0.6) is 0 Å². The predicted octanol–water partition coefficient (Wildman–Crippen LogP) is 2.25. The zero-order valence-corrected chi connectivity index (χ0v) is 15.8. The highest BCUT2D eigenvalue weighted by molar-refractivity contribution is 5.54. The molecule has 6 heteroatoms. The number of aryl methyl sites for hydroxylation is 2. The summed E-state index contributed by atoms with van der Waals surface area (Å²) in [6.45, 7) is 3.84. The molecule has 0 heterocycles. The van der Waals surface area contributed by atoms with Crippen LogP contribution in [0.1, 0.15) is 22.3 Å². The lowest BCUT2D eigenvalue weighted by molar-refractivity contribution is -0.0996. The Morgan fingerprint density at radius 2 is 1.18 bits per heavy atom. The van der Waals surface area contributed by atoms with Crippen LogP contribution in [0.2, 0.25) is 0 Å². The number of rotatable bonds is 7. The Balaban J connectivity index is 2.11. The van der Waals surface area contributed by atoms with Crippen molar-refractivity contribution in [3.8, 4) is 0 Å². The van der Waals surface area contributed by atoms with Gasteiger partial charge in [0.15, 0.2) is 0 Å². The summed E-state index contributed by atoms with van der Waals surface area (Å²) < 4.78 is 0. The van der Waals surface area contributed by atoms with E-state index < -0.39 is 35.9 Å². The Kier molecular flexibility index (Phi) is 7.37. The van der Waals surface area contributed by atoms with Gasteiger partial charge in [-0.2, -0.15) is 0 Å².